The predicted octanol–water partition coefficient (Wildman–Crippen LogP) is 4.27. The zero-order chi connectivity index (χ0) is 18.6. The lowest BCUT2D eigenvalue weighted by molar-refractivity contribution is 0.215. The van der Waals surface area contributed by atoms with Crippen LogP contribution in [0.3, 0.4) is 0 Å². The van der Waals surface area contributed by atoms with Gasteiger partial charge in [-0.2, -0.15) is 0 Å². The average molecular weight is 371 g/mol. The molecule has 0 aliphatic rings. The van der Waals surface area contributed by atoms with Crippen molar-refractivity contribution in [3.05, 3.63) is 84.7 Å². The maximum absolute atomic E-state index is 13.8. The summed E-state index contributed by atoms with van der Waals surface area (Å²) in [7, 11) is -3.98. The normalized spacial score (nSPS) is 11.0. The summed E-state index contributed by atoms with van der Waals surface area (Å²) in [5, 5.41) is 2.49. The summed E-state index contributed by atoms with van der Waals surface area (Å²) in [6.45, 7) is 0. The molecule has 26 heavy (non-hydrogen) atoms. The largest absolute Gasteiger partial charge is 0.417 e. The van der Waals surface area contributed by atoms with Crippen molar-refractivity contribution in [1.82, 2.24) is 0 Å². The van der Waals surface area contributed by atoms with Crippen LogP contribution in [0.2, 0.25) is 0 Å². The number of halogens is 1. The van der Waals surface area contributed by atoms with Gasteiger partial charge in [-0.05, 0) is 48.5 Å². The van der Waals surface area contributed by atoms with Gasteiger partial charge in [0.05, 0.1) is 4.90 Å². The van der Waals surface area contributed by atoms with Crippen LogP contribution in [0.1, 0.15) is 0 Å². The van der Waals surface area contributed by atoms with E-state index in [-0.39, 0.29) is 4.90 Å². The van der Waals surface area contributed by atoms with Gasteiger partial charge in [-0.3, -0.25) is 5.32 Å². The molecular weight excluding hydrogens is 357 g/mol. The number of nitrogens with one attached hydrogen (secondary N) is 1. The highest BCUT2D eigenvalue weighted by atomic mass is 32.2. The molecule has 1 amide bonds. The number of hydrogen-bond donors (Lipinski definition) is 1. The molecule has 0 bridgehead atoms. The number of hydrogen-bond acceptors (Lipinski definition) is 4. The Kier molecular flexibility index (Phi) is 4.99. The van der Waals surface area contributed by atoms with E-state index in [0.29, 0.717) is 11.4 Å². The predicted molar refractivity (Wildman–Crippen MR) is 94.4 cm³/mol. The SMILES string of the molecule is O=C(Nc1ccc(S(=O)(=O)c2ccccc2F)cc1)Oc1ccccc1. The third kappa shape index (κ3) is 3.89. The Balaban J connectivity index is 1.74. The highest BCUT2D eigenvalue weighted by molar-refractivity contribution is 7.91. The summed E-state index contributed by atoms with van der Waals surface area (Å²) in [5.41, 5.74) is 0.346. The number of para-hydroxylation sites is 1. The Labute approximate surface area is 150 Å². The number of ether oxygens (including phenoxy) is 1. The first-order valence-electron chi connectivity index (χ1n) is 7.60. The highest BCUT2D eigenvalue weighted by Gasteiger charge is 2.21. The van der Waals surface area contributed by atoms with Crippen LogP contribution in [0.4, 0.5) is 14.9 Å². The summed E-state index contributed by atoms with van der Waals surface area (Å²) in [6.07, 6.45) is -0.707. The van der Waals surface area contributed by atoms with Crippen molar-refractivity contribution in [2.75, 3.05) is 5.32 Å². The van der Waals surface area contributed by atoms with Gasteiger partial charge in [0.25, 0.3) is 0 Å². The van der Waals surface area contributed by atoms with Crippen LogP contribution in [0.5, 0.6) is 5.75 Å². The van der Waals surface area contributed by atoms with Gasteiger partial charge in [-0.1, -0.05) is 30.3 Å². The minimum absolute atomic E-state index is 0.0791. The molecule has 0 spiro atoms. The van der Waals surface area contributed by atoms with Crippen LogP contribution in [-0.2, 0) is 9.84 Å². The fourth-order valence-corrected chi connectivity index (χ4v) is 3.58. The minimum atomic E-state index is -3.98. The Morgan fingerprint density at radius 3 is 2.12 bits per heavy atom. The monoisotopic (exact) mass is 371 g/mol. The summed E-state index contributed by atoms with van der Waals surface area (Å²) in [6, 6.07) is 19.0. The topological polar surface area (TPSA) is 72.5 Å². The first-order chi connectivity index (χ1) is 12.5. The minimum Gasteiger partial charge on any atom is -0.410 e. The van der Waals surface area contributed by atoms with E-state index in [2.05, 4.69) is 5.32 Å². The third-order valence-corrected chi connectivity index (χ3v) is 5.29. The van der Waals surface area contributed by atoms with E-state index in [4.69, 9.17) is 4.74 Å². The van der Waals surface area contributed by atoms with Crippen molar-refractivity contribution in [1.29, 1.82) is 0 Å². The van der Waals surface area contributed by atoms with Crippen molar-refractivity contribution >= 4 is 21.6 Å². The third-order valence-electron chi connectivity index (χ3n) is 3.49. The van der Waals surface area contributed by atoms with Crippen molar-refractivity contribution in [3.8, 4) is 5.75 Å². The summed E-state index contributed by atoms with van der Waals surface area (Å²) in [4.78, 5) is 11.4. The molecule has 132 valence electrons. The molecule has 7 heteroatoms. The van der Waals surface area contributed by atoms with Crippen LogP contribution in [0, 0.1) is 5.82 Å². The second kappa shape index (κ2) is 7.37. The van der Waals surface area contributed by atoms with Gasteiger partial charge in [0, 0.05) is 5.69 Å². The van der Waals surface area contributed by atoms with Crippen LogP contribution < -0.4 is 10.1 Å². The first kappa shape index (κ1) is 17.6. The summed E-state index contributed by atoms with van der Waals surface area (Å²) in [5.74, 6) is -0.440. The maximum atomic E-state index is 13.8. The van der Waals surface area contributed by atoms with Gasteiger partial charge in [-0.15, -0.1) is 0 Å². The molecule has 0 radical (unpaired) electrons. The van der Waals surface area contributed by atoms with E-state index < -0.39 is 26.6 Å². The Morgan fingerprint density at radius 2 is 1.46 bits per heavy atom. The number of benzene rings is 3. The molecule has 0 aliphatic carbocycles. The van der Waals surface area contributed by atoms with Gasteiger partial charge < -0.3 is 4.74 Å². The van der Waals surface area contributed by atoms with Crippen LogP contribution in [0.15, 0.2) is 88.7 Å². The molecule has 1 N–H and O–H groups in total. The lowest BCUT2D eigenvalue weighted by atomic mass is 10.3. The smallest absolute Gasteiger partial charge is 0.410 e. The van der Waals surface area contributed by atoms with E-state index in [1.165, 1.54) is 42.5 Å². The molecule has 3 rings (SSSR count). The lowest BCUT2D eigenvalue weighted by Gasteiger charge is -2.08. The standard InChI is InChI=1S/C19H14FNO4S/c20-17-8-4-5-9-18(17)26(23,24)16-12-10-14(11-13-16)21-19(22)25-15-6-2-1-3-7-15/h1-13H,(H,21,22). The average Bonchev–Trinajstić information content (AvgIpc) is 2.63. The fourth-order valence-electron chi connectivity index (χ4n) is 2.25. The number of carbonyl (C=O) groups is 1. The van der Waals surface area contributed by atoms with Gasteiger partial charge in [-0.25, -0.2) is 17.6 Å². The van der Waals surface area contributed by atoms with Gasteiger partial charge >= 0.3 is 6.09 Å². The van der Waals surface area contributed by atoms with Crippen molar-refractivity contribution in [2.24, 2.45) is 0 Å². The molecule has 0 aliphatic heterocycles. The van der Waals surface area contributed by atoms with Gasteiger partial charge in [0.1, 0.15) is 16.5 Å². The number of anilines is 1. The van der Waals surface area contributed by atoms with E-state index >= 15 is 0 Å². The molecule has 0 saturated heterocycles. The Hall–Kier alpha value is -3.19. The van der Waals surface area contributed by atoms with Crippen LogP contribution in [-0.4, -0.2) is 14.5 Å². The van der Waals surface area contributed by atoms with Crippen molar-refractivity contribution < 1.29 is 22.3 Å². The second-order valence-corrected chi connectivity index (χ2v) is 7.20. The first-order valence-corrected chi connectivity index (χ1v) is 9.09. The quantitative estimate of drug-likeness (QED) is 0.743. The Bertz CT molecular complexity index is 1020. The van der Waals surface area contributed by atoms with E-state index in [1.807, 2.05) is 0 Å². The van der Waals surface area contributed by atoms with Crippen molar-refractivity contribution in [2.45, 2.75) is 9.79 Å². The number of amides is 1. The van der Waals surface area contributed by atoms with E-state index in [0.717, 1.165) is 6.07 Å². The Morgan fingerprint density at radius 1 is 0.846 bits per heavy atom. The lowest BCUT2D eigenvalue weighted by Crippen LogP contribution is -2.16. The summed E-state index contributed by atoms with van der Waals surface area (Å²) < 4.78 is 43.8. The molecule has 0 atom stereocenters. The second-order valence-electron chi connectivity index (χ2n) is 5.29. The van der Waals surface area contributed by atoms with Gasteiger partial charge in [0.2, 0.25) is 9.84 Å². The molecule has 3 aromatic rings. The molecule has 0 fully saturated rings. The van der Waals surface area contributed by atoms with Gasteiger partial charge in [0.15, 0.2) is 0 Å². The van der Waals surface area contributed by atoms with E-state index in [1.54, 1.807) is 30.3 Å². The molecule has 3 aromatic carbocycles. The fraction of sp³-hybridized carbons (Fsp3) is 0. The zero-order valence-corrected chi connectivity index (χ0v) is 14.2. The number of rotatable bonds is 4. The van der Waals surface area contributed by atoms with E-state index in [9.17, 15) is 17.6 Å². The molecular formula is C19H14FNO4S. The summed E-state index contributed by atoms with van der Waals surface area (Å²) >= 11 is 0. The zero-order valence-electron chi connectivity index (χ0n) is 13.4. The number of sulfone groups is 1. The van der Waals surface area contributed by atoms with Crippen LogP contribution in [0.25, 0.3) is 0 Å². The number of carbonyl (C=O) groups excluding carboxylic acids is 1. The molecule has 5 nitrogen and oxygen atoms in total. The molecule has 0 aromatic heterocycles. The molecule has 0 heterocycles. The van der Waals surface area contributed by atoms with Crippen LogP contribution >= 0.6 is 0 Å². The molecule has 0 unspecified atom stereocenters. The van der Waals surface area contributed by atoms with Crippen molar-refractivity contribution in [3.63, 3.8) is 0 Å². The maximum Gasteiger partial charge on any atom is 0.417 e. The highest BCUT2D eigenvalue weighted by Crippen LogP contribution is 2.24. The molecule has 0 saturated carbocycles.